The van der Waals surface area contributed by atoms with Gasteiger partial charge in [-0.1, -0.05) is 0 Å². The maximum absolute atomic E-state index is 6.04. The van der Waals surface area contributed by atoms with Gasteiger partial charge in [0.15, 0.2) is 5.82 Å². The largest absolute Gasteiger partial charge is 0.396 e. The van der Waals surface area contributed by atoms with Gasteiger partial charge in [-0.05, 0) is 46.6 Å². The van der Waals surface area contributed by atoms with Gasteiger partial charge in [-0.3, -0.25) is 0 Å². The summed E-state index contributed by atoms with van der Waals surface area (Å²) in [4.78, 5) is 5.34. The predicted molar refractivity (Wildman–Crippen MR) is 81.5 cm³/mol. The molecule has 6 heteroatoms. The minimum Gasteiger partial charge on any atom is -0.396 e. The van der Waals surface area contributed by atoms with Gasteiger partial charge in [0.1, 0.15) is 5.69 Å². The van der Waals surface area contributed by atoms with Crippen LogP contribution in [0.1, 0.15) is 5.56 Å². The highest BCUT2D eigenvalue weighted by atomic mass is 79.9. The average molecular weight is 335 g/mol. The highest BCUT2D eigenvalue weighted by Crippen LogP contribution is 2.32. The molecule has 0 aliphatic heterocycles. The molecule has 0 fully saturated rings. The Morgan fingerprint density at radius 1 is 1.37 bits per heavy atom. The van der Waals surface area contributed by atoms with Crippen LogP contribution in [0.15, 0.2) is 40.4 Å². The molecule has 3 aromatic rings. The van der Waals surface area contributed by atoms with Crippen molar-refractivity contribution in [3.8, 4) is 16.4 Å². The Morgan fingerprint density at radius 2 is 2.21 bits per heavy atom. The lowest BCUT2D eigenvalue weighted by Gasteiger charge is -2.00. The van der Waals surface area contributed by atoms with Crippen molar-refractivity contribution in [1.29, 1.82) is 0 Å². The summed E-state index contributed by atoms with van der Waals surface area (Å²) in [7, 11) is 0. The molecule has 0 bridgehead atoms. The standard InChI is InChI=1S/C13H11BrN4S/c1-8-2-3-16-12(4-8)18-6-10(15)13(17-18)11-5-9(14)7-19-11/h2-7H,15H2,1H3. The van der Waals surface area contributed by atoms with Gasteiger partial charge in [-0.2, -0.15) is 5.10 Å². The van der Waals surface area contributed by atoms with E-state index in [1.54, 1.807) is 28.4 Å². The van der Waals surface area contributed by atoms with Crippen LogP contribution in [0.25, 0.3) is 16.4 Å². The summed E-state index contributed by atoms with van der Waals surface area (Å²) in [5, 5.41) is 6.54. The van der Waals surface area contributed by atoms with Gasteiger partial charge in [0.2, 0.25) is 0 Å². The molecular formula is C13H11BrN4S. The number of nitrogens with two attached hydrogens (primary N) is 1. The van der Waals surface area contributed by atoms with Crippen molar-refractivity contribution in [2.24, 2.45) is 0 Å². The van der Waals surface area contributed by atoms with Crippen molar-refractivity contribution in [1.82, 2.24) is 14.8 Å². The van der Waals surface area contributed by atoms with Crippen molar-refractivity contribution >= 4 is 33.0 Å². The van der Waals surface area contributed by atoms with Crippen molar-refractivity contribution in [2.45, 2.75) is 6.92 Å². The molecule has 3 aromatic heterocycles. The predicted octanol–water partition coefficient (Wildman–Crippen LogP) is 3.65. The molecule has 0 spiro atoms. The fourth-order valence-corrected chi connectivity index (χ4v) is 3.21. The number of pyridine rings is 1. The number of nitrogen functional groups attached to an aromatic ring is 1. The normalized spacial score (nSPS) is 10.8. The summed E-state index contributed by atoms with van der Waals surface area (Å²) < 4.78 is 2.75. The van der Waals surface area contributed by atoms with Gasteiger partial charge in [-0.25, -0.2) is 9.67 Å². The second kappa shape index (κ2) is 4.79. The number of aromatic nitrogens is 3. The van der Waals surface area contributed by atoms with E-state index in [9.17, 15) is 0 Å². The molecule has 0 saturated carbocycles. The first-order chi connectivity index (χ1) is 9.13. The van der Waals surface area contributed by atoms with Crippen LogP contribution in [-0.4, -0.2) is 14.8 Å². The van der Waals surface area contributed by atoms with Crippen molar-refractivity contribution < 1.29 is 0 Å². The monoisotopic (exact) mass is 334 g/mol. The number of thiophene rings is 1. The number of hydrogen-bond donors (Lipinski definition) is 1. The fourth-order valence-electron chi connectivity index (χ4n) is 1.78. The maximum atomic E-state index is 6.04. The van der Waals surface area contributed by atoms with Crippen LogP contribution < -0.4 is 5.73 Å². The molecular weight excluding hydrogens is 324 g/mol. The number of anilines is 1. The lowest BCUT2D eigenvalue weighted by atomic mass is 10.3. The molecule has 19 heavy (non-hydrogen) atoms. The average Bonchev–Trinajstić information content (AvgIpc) is 2.95. The number of rotatable bonds is 2. The fraction of sp³-hybridized carbons (Fsp3) is 0.0769. The molecule has 3 heterocycles. The smallest absolute Gasteiger partial charge is 0.153 e. The molecule has 0 aliphatic carbocycles. The van der Waals surface area contributed by atoms with Crippen LogP contribution >= 0.6 is 27.3 Å². The quantitative estimate of drug-likeness (QED) is 0.778. The van der Waals surface area contributed by atoms with Crippen LogP contribution in [0.5, 0.6) is 0 Å². The van der Waals surface area contributed by atoms with Crippen molar-refractivity contribution in [3.63, 3.8) is 0 Å². The van der Waals surface area contributed by atoms with Crippen molar-refractivity contribution in [2.75, 3.05) is 5.73 Å². The number of halogens is 1. The molecule has 0 radical (unpaired) electrons. The molecule has 0 aliphatic rings. The van der Waals surface area contributed by atoms with Crippen molar-refractivity contribution in [3.05, 3.63) is 46.0 Å². The molecule has 2 N–H and O–H groups in total. The Hall–Kier alpha value is -1.66. The molecule has 0 atom stereocenters. The lowest BCUT2D eigenvalue weighted by molar-refractivity contribution is 0.849. The summed E-state index contributed by atoms with van der Waals surface area (Å²) in [6.45, 7) is 2.02. The van der Waals surface area contributed by atoms with E-state index in [4.69, 9.17) is 5.73 Å². The van der Waals surface area contributed by atoms with Crippen LogP contribution in [0.3, 0.4) is 0 Å². The van der Waals surface area contributed by atoms with E-state index in [0.29, 0.717) is 5.69 Å². The third-order valence-electron chi connectivity index (χ3n) is 2.68. The van der Waals surface area contributed by atoms with E-state index in [-0.39, 0.29) is 0 Å². The number of hydrogen-bond acceptors (Lipinski definition) is 4. The minimum absolute atomic E-state index is 0.651. The Bertz CT molecular complexity index is 732. The Morgan fingerprint density at radius 3 is 2.89 bits per heavy atom. The zero-order valence-electron chi connectivity index (χ0n) is 10.2. The Labute approximate surface area is 123 Å². The second-order valence-electron chi connectivity index (χ2n) is 4.20. The summed E-state index contributed by atoms with van der Waals surface area (Å²) in [5.41, 5.74) is 8.62. The third kappa shape index (κ3) is 2.41. The zero-order valence-corrected chi connectivity index (χ0v) is 12.6. The minimum atomic E-state index is 0.651. The Balaban J connectivity index is 2.06. The summed E-state index contributed by atoms with van der Waals surface area (Å²) in [6, 6.07) is 5.94. The van der Waals surface area contributed by atoms with E-state index in [2.05, 4.69) is 26.0 Å². The maximum Gasteiger partial charge on any atom is 0.153 e. The molecule has 96 valence electrons. The SMILES string of the molecule is Cc1ccnc(-n2cc(N)c(-c3cc(Br)cs3)n2)c1. The Kier molecular flexibility index (Phi) is 3.12. The van der Waals surface area contributed by atoms with Crippen LogP contribution in [0, 0.1) is 6.92 Å². The lowest BCUT2D eigenvalue weighted by Crippen LogP contribution is -1.98. The molecule has 0 unspecified atom stereocenters. The van der Waals surface area contributed by atoms with Gasteiger partial charge in [0.05, 0.1) is 16.8 Å². The molecule has 0 aromatic carbocycles. The van der Waals surface area contributed by atoms with Gasteiger partial charge >= 0.3 is 0 Å². The molecule has 0 saturated heterocycles. The van der Waals surface area contributed by atoms with E-state index < -0.39 is 0 Å². The van der Waals surface area contributed by atoms with Crippen LogP contribution in [0.4, 0.5) is 5.69 Å². The number of nitrogens with zero attached hydrogens (tertiary/aromatic N) is 3. The molecule has 4 nitrogen and oxygen atoms in total. The van der Waals surface area contributed by atoms with E-state index in [1.165, 1.54) is 0 Å². The highest BCUT2D eigenvalue weighted by Gasteiger charge is 2.12. The first kappa shape index (κ1) is 12.4. The van der Waals surface area contributed by atoms with E-state index >= 15 is 0 Å². The van der Waals surface area contributed by atoms with Gasteiger partial charge in [0.25, 0.3) is 0 Å². The first-order valence-electron chi connectivity index (χ1n) is 5.66. The number of aryl methyl sites for hydroxylation is 1. The van der Waals surface area contributed by atoms with Crippen LogP contribution in [-0.2, 0) is 0 Å². The molecule has 0 amide bonds. The summed E-state index contributed by atoms with van der Waals surface area (Å²) in [5.74, 6) is 0.772. The highest BCUT2D eigenvalue weighted by molar-refractivity contribution is 9.10. The van der Waals surface area contributed by atoms with Crippen LogP contribution in [0.2, 0.25) is 0 Å². The van der Waals surface area contributed by atoms with Gasteiger partial charge in [0, 0.05) is 16.0 Å². The van der Waals surface area contributed by atoms with E-state index in [0.717, 1.165) is 26.4 Å². The summed E-state index contributed by atoms with van der Waals surface area (Å²) >= 11 is 5.04. The zero-order chi connectivity index (χ0) is 13.4. The second-order valence-corrected chi connectivity index (χ2v) is 6.03. The van der Waals surface area contributed by atoms with E-state index in [1.807, 2.05) is 30.5 Å². The topological polar surface area (TPSA) is 56.7 Å². The third-order valence-corrected chi connectivity index (χ3v) is 4.38. The summed E-state index contributed by atoms with van der Waals surface area (Å²) in [6.07, 6.45) is 3.56. The van der Waals surface area contributed by atoms with Gasteiger partial charge in [-0.15, -0.1) is 11.3 Å². The van der Waals surface area contributed by atoms with Gasteiger partial charge < -0.3 is 5.73 Å². The molecule has 3 rings (SSSR count). The first-order valence-corrected chi connectivity index (χ1v) is 7.33.